The first-order valence-corrected chi connectivity index (χ1v) is 11.1. The van der Waals surface area contributed by atoms with Gasteiger partial charge in [0.05, 0.1) is 13.1 Å². The van der Waals surface area contributed by atoms with Gasteiger partial charge in [-0.15, -0.1) is 0 Å². The number of benzene rings is 1. The van der Waals surface area contributed by atoms with Gasteiger partial charge in [0.2, 0.25) is 16.9 Å². The van der Waals surface area contributed by atoms with Crippen LogP contribution < -0.4 is 5.32 Å². The minimum Gasteiger partial charge on any atom is -0.361 e. The standard InChI is InChI=1S/C23H27N5O3S/c1-15(28-14-18-12-24-16(2)26-22(18)25-13-21(28)30)19(10-11-20(29)27(3)4)32-23(31)17-8-6-5-7-9-17/h5-9,12H,10-11,13-14H2,1-4H3,(H,24,25,26)/b19-15-. The van der Waals surface area contributed by atoms with Crippen molar-refractivity contribution < 1.29 is 14.4 Å². The highest BCUT2D eigenvalue weighted by Crippen LogP contribution is 2.32. The van der Waals surface area contributed by atoms with Crippen LogP contribution in [0.4, 0.5) is 5.82 Å². The van der Waals surface area contributed by atoms with Crippen LogP contribution in [-0.4, -0.2) is 57.3 Å². The van der Waals surface area contributed by atoms with Crippen molar-refractivity contribution >= 4 is 34.5 Å². The van der Waals surface area contributed by atoms with E-state index in [-0.39, 0.29) is 29.9 Å². The van der Waals surface area contributed by atoms with E-state index in [2.05, 4.69) is 15.3 Å². The van der Waals surface area contributed by atoms with Gasteiger partial charge in [-0.05, 0) is 32.0 Å². The highest BCUT2D eigenvalue weighted by molar-refractivity contribution is 8.17. The molecule has 1 aliphatic heterocycles. The van der Waals surface area contributed by atoms with Gasteiger partial charge in [-0.2, -0.15) is 0 Å². The molecule has 2 aromatic rings. The zero-order valence-corrected chi connectivity index (χ0v) is 19.5. The maximum Gasteiger partial charge on any atom is 0.246 e. The number of thioether (sulfide) groups is 1. The Hall–Kier alpha value is -3.20. The summed E-state index contributed by atoms with van der Waals surface area (Å²) in [5.74, 6) is 1.08. The van der Waals surface area contributed by atoms with Crippen LogP contribution in [0.3, 0.4) is 0 Å². The highest BCUT2D eigenvalue weighted by Gasteiger charge is 2.26. The number of nitrogens with one attached hydrogen (secondary N) is 1. The van der Waals surface area contributed by atoms with Crippen LogP contribution in [-0.2, 0) is 16.1 Å². The summed E-state index contributed by atoms with van der Waals surface area (Å²) in [6, 6.07) is 8.97. The number of allylic oxidation sites excluding steroid dienone is 2. The lowest BCUT2D eigenvalue weighted by molar-refractivity contribution is -0.128. The van der Waals surface area contributed by atoms with Crippen LogP contribution in [0.15, 0.2) is 47.1 Å². The van der Waals surface area contributed by atoms with Crippen molar-refractivity contribution in [1.82, 2.24) is 19.8 Å². The molecule has 168 valence electrons. The molecule has 0 atom stereocenters. The summed E-state index contributed by atoms with van der Waals surface area (Å²) < 4.78 is 0. The van der Waals surface area contributed by atoms with E-state index in [4.69, 9.17) is 0 Å². The summed E-state index contributed by atoms with van der Waals surface area (Å²) in [5, 5.41) is 2.94. The zero-order valence-electron chi connectivity index (χ0n) is 18.7. The first-order chi connectivity index (χ1) is 15.3. The van der Waals surface area contributed by atoms with Gasteiger partial charge in [0.25, 0.3) is 0 Å². The summed E-state index contributed by atoms with van der Waals surface area (Å²) in [6.07, 6.45) is 2.32. The Morgan fingerprint density at radius 2 is 1.91 bits per heavy atom. The molecule has 2 heterocycles. The lowest BCUT2D eigenvalue weighted by Crippen LogP contribution is -2.32. The molecule has 0 saturated carbocycles. The van der Waals surface area contributed by atoms with Crippen molar-refractivity contribution in [2.24, 2.45) is 0 Å². The van der Waals surface area contributed by atoms with Crippen LogP contribution >= 0.6 is 11.8 Å². The predicted molar refractivity (Wildman–Crippen MR) is 125 cm³/mol. The van der Waals surface area contributed by atoms with Crippen molar-refractivity contribution in [2.75, 3.05) is 26.0 Å². The Balaban J connectivity index is 1.93. The van der Waals surface area contributed by atoms with Gasteiger partial charge in [0, 0.05) is 48.4 Å². The van der Waals surface area contributed by atoms with Crippen LogP contribution in [0, 0.1) is 6.92 Å². The summed E-state index contributed by atoms with van der Waals surface area (Å²) in [6.45, 7) is 3.99. The molecular formula is C23H27N5O3S. The molecule has 0 unspecified atom stereocenters. The topological polar surface area (TPSA) is 95.5 Å². The SMILES string of the molecule is C/C(=C(\CCC(=O)N(C)C)SC(=O)c1ccccc1)N1Cc2cnc(C)nc2NCC1=O. The number of aryl methyl sites for hydroxylation is 1. The number of amides is 2. The van der Waals surface area contributed by atoms with Gasteiger partial charge in [0.15, 0.2) is 0 Å². The average Bonchev–Trinajstić information content (AvgIpc) is 2.94. The number of aromatic nitrogens is 2. The van der Waals surface area contributed by atoms with Gasteiger partial charge in [0.1, 0.15) is 11.6 Å². The molecule has 1 N–H and O–H groups in total. The van der Waals surface area contributed by atoms with Crippen molar-refractivity contribution in [3.8, 4) is 0 Å². The van der Waals surface area contributed by atoms with Gasteiger partial charge in [-0.25, -0.2) is 9.97 Å². The first kappa shape index (κ1) is 23.5. The van der Waals surface area contributed by atoms with Gasteiger partial charge in [-0.3, -0.25) is 14.4 Å². The Bertz CT molecular complexity index is 1050. The van der Waals surface area contributed by atoms with Gasteiger partial charge in [-0.1, -0.05) is 30.3 Å². The van der Waals surface area contributed by atoms with Crippen molar-refractivity contribution in [2.45, 2.75) is 33.2 Å². The van der Waals surface area contributed by atoms with E-state index in [1.807, 2.05) is 25.1 Å². The third-order valence-corrected chi connectivity index (χ3v) is 6.29. The smallest absolute Gasteiger partial charge is 0.246 e. The number of hydrogen-bond acceptors (Lipinski definition) is 7. The number of nitrogens with zero attached hydrogens (tertiary/aromatic N) is 4. The molecule has 9 heteroatoms. The number of anilines is 1. The summed E-state index contributed by atoms with van der Waals surface area (Å²) in [5.41, 5.74) is 2.02. The van der Waals surface area contributed by atoms with Crippen LogP contribution in [0.25, 0.3) is 0 Å². The molecule has 1 aromatic carbocycles. The molecule has 0 fully saturated rings. The Morgan fingerprint density at radius 1 is 1.19 bits per heavy atom. The molecule has 0 saturated heterocycles. The van der Waals surface area contributed by atoms with Gasteiger partial charge >= 0.3 is 0 Å². The molecule has 0 bridgehead atoms. The van der Waals surface area contributed by atoms with Crippen LogP contribution in [0.5, 0.6) is 0 Å². The van der Waals surface area contributed by atoms with Gasteiger partial charge < -0.3 is 15.1 Å². The van der Waals surface area contributed by atoms with E-state index in [0.29, 0.717) is 40.8 Å². The monoisotopic (exact) mass is 453 g/mol. The molecule has 1 aliphatic rings. The minimum atomic E-state index is -0.137. The highest BCUT2D eigenvalue weighted by atomic mass is 32.2. The molecule has 0 spiro atoms. The fraction of sp³-hybridized carbons (Fsp3) is 0.348. The van der Waals surface area contributed by atoms with Crippen LogP contribution in [0.1, 0.15) is 41.5 Å². The summed E-state index contributed by atoms with van der Waals surface area (Å²) in [4.78, 5) is 50.5. The Morgan fingerprint density at radius 3 is 2.59 bits per heavy atom. The number of rotatable bonds is 6. The third kappa shape index (κ3) is 5.73. The number of fused-ring (bicyclic) bond motifs is 1. The molecular weight excluding hydrogens is 426 g/mol. The summed E-state index contributed by atoms with van der Waals surface area (Å²) in [7, 11) is 3.40. The number of carbonyl (C=O) groups excluding carboxylic acids is 3. The Kier molecular flexibility index (Phi) is 7.63. The Labute approximate surface area is 192 Å². The number of carbonyl (C=O) groups is 3. The molecule has 3 rings (SSSR count). The third-order valence-electron chi connectivity index (χ3n) is 5.12. The second-order valence-corrected chi connectivity index (χ2v) is 8.74. The fourth-order valence-corrected chi connectivity index (χ4v) is 4.17. The van der Waals surface area contributed by atoms with Crippen molar-refractivity contribution in [3.05, 3.63) is 64.1 Å². The molecule has 32 heavy (non-hydrogen) atoms. The van der Waals surface area contributed by atoms with Crippen molar-refractivity contribution in [3.63, 3.8) is 0 Å². The maximum atomic E-state index is 12.9. The molecule has 0 radical (unpaired) electrons. The largest absolute Gasteiger partial charge is 0.361 e. The average molecular weight is 454 g/mol. The minimum absolute atomic E-state index is 0.0406. The lowest BCUT2D eigenvalue weighted by atomic mass is 10.2. The second-order valence-electron chi connectivity index (χ2n) is 7.68. The second kappa shape index (κ2) is 10.4. The van der Waals surface area contributed by atoms with E-state index in [1.165, 1.54) is 4.90 Å². The van der Waals surface area contributed by atoms with E-state index in [9.17, 15) is 14.4 Å². The summed E-state index contributed by atoms with van der Waals surface area (Å²) >= 11 is 1.07. The van der Waals surface area contributed by atoms with E-state index in [0.717, 1.165) is 17.3 Å². The van der Waals surface area contributed by atoms with E-state index in [1.54, 1.807) is 44.2 Å². The number of hydrogen-bond donors (Lipinski definition) is 1. The van der Waals surface area contributed by atoms with E-state index < -0.39 is 0 Å². The van der Waals surface area contributed by atoms with E-state index >= 15 is 0 Å². The normalized spacial score (nSPS) is 14.1. The fourth-order valence-electron chi connectivity index (χ4n) is 3.23. The molecule has 0 aliphatic carbocycles. The predicted octanol–water partition coefficient (Wildman–Crippen LogP) is 3.21. The maximum absolute atomic E-state index is 12.9. The first-order valence-electron chi connectivity index (χ1n) is 10.3. The van der Waals surface area contributed by atoms with Crippen molar-refractivity contribution in [1.29, 1.82) is 0 Å². The van der Waals surface area contributed by atoms with Crippen LogP contribution in [0.2, 0.25) is 0 Å². The lowest BCUT2D eigenvalue weighted by Gasteiger charge is -2.24. The zero-order chi connectivity index (χ0) is 23.3. The molecule has 8 nitrogen and oxygen atoms in total. The molecule has 2 amide bonds. The quantitative estimate of drug-likeness (QED) is 0.717. The molecule has 1 aromatic heterocycles.